The van der Waals surface area contributed by atoms with Crippen LogP contribution in [0.4, 0.5) is 0 Å². The van der Waals surface area contributed by atoms with Gasteiger partial charge in [0.2, 0.25) is 0 Å². The van der Waals surface area contributed by atoms with Crippen LogP contribution in [0.3, 0.4) is 0 Å². The predicted molar refractivity (Wildman–Crippen MR) is 39.9 cm³/mol. The van der Waals surface area contributed by atoms with E-state index >= 15 is 0 Å². The Balaban J connectivity index is 3.04. The smallest absolute Gasteiger partial charge is 0.0991 e. The molecule has 0 aliphatic rings. The van der Waals surface area contributed by atoms with Crippen LogP contribution in [0.25, 0.3) is 6.08 Å². The number of hydrogen-bond acceptors (Lipinski definition) is 1. The first-order valence-electron chi connectivity index (χ1n) is 2.92. The normalized spacial score (nSPS) is 8.30. The highest BCUT2D eigenvalue weighted by molar-refractivity contribution is 5.47. The molecule has 0 aromatic heterocycles. The van der Waals surface area contributed by atoms with E-state index in [1.54, 1.807) is 24.3 Å². The Morgan fingerprint density at radius 1 is 1.30 bits per heavy atom. The largest absolute Gasteiger partial charge is 0.192 e. The number of nitriles is 1. The number of hydrogen-bond donors (Lipinski definition) is 0. The summed E-state index contributed by atoms with van der Waals surface area (Å²) in [6.07, 6.45) is 1.50. The molecule has 0 saturated carbocycles. The van der Waals surface area contributed by atoms with Crippen LogP contribution >= 0.6 is 0 Å². The van der Waals surface area contributed by atoms with Crippen LogP contribution in [0.5, 0.6) is 0 Å². The Morgan fingerprint density at radius 3 is 2.30 bits per heavy atom. The van der Waals surface area contributed by atoms with Crippen LogP contribution in [0, 0.1) is 17.9 Å². The van der Waals surface area contributed by atoms with E-state index in [0.717, 1.165) is 5.56 Å². The molecule has 0 N–H and O–H groups in total. The second-order valence-corrected chi connectivity index (χ2v) is 1.90. The van der Waals surface area contributed by atoms with Crippen LogP contribution in [-0.2, 0) is 0 Å². The lowest BCUT2D eigenvalue weighted by molar-refractivity contribution is 1.48. The molecule has 1 nitrogen and oxygen atoms in total. The van der Waals surface area contributed by atoms with Crippen molar-refractivity contribution in [2.24, 2.45) is 0 Å². The Morgan fingerprint density at radius 2 is 1.90 bits per heavy atom. The molecule has 0 heterocycles. The molecule has 0 saturated heterocycles. The summed E-state index contributed by atoms with van der Waals surface area (Å²) in [7, 11) is 0. The lowest BCUT2D eigenvalue weighted by atomic mass is 10.1. The minimum atomic E-state index is 0.658. The van der Waals surface area contributed by atoms with E-state index in [1.807, 2.05) is 6.07 Å². The standard InChI is InChI=1S/C9H6N/c1-2-8-3-5-9(7-10)6-4-8/h1-6H. The first-order valence-corrected chi connectivity index (χ1v) is 2.92. The molecule has 0 aliphatic heterocycles. The minimum Gasteiger partial charge on any atom is -0.192 e. The molecule has 0 spiro atoms. The van der Waals surface area contributed by atoms with Gasteiger partial charge in [0.25, 0.3) is 0 Å². The van der Waals surface area contributed by atoms with Crippen molar-refractivity contribution in [3.63, 3.8) is 0 Å². The maximum absolute atomic E-state index is 8.41. The molecule has 1 heteroatoms. The number of benzene rings is 1. The van der Waals surface area contributed by atoms with E-state index in [9.17, 15) is 0 Å². The van der Waals surface area contributed by atoms with Gasteiger partial charge in [0.15, 0.2) is 0 Å². The summed E-state index contributed by atoms with van der Waals surface area (Å²) >= 11 is 0. The van der Waals surface area contributed by atoms with Gasteiger partial charge in [0, 0.05) is 0 Å². The van der Waals surface area contributed by atoms with E-state index in [2.05, 4.69) is 0 Å². The first-order chi connectivity index (χ1) is 4.86. The van der Waals surface area contributed by atoms with E-state index in [1.165, 1.54) is 6.08 Å². The fourth-order valence-corrected chi connectivity index (χ4v) is 0.669. The third kappa shape index (κ3) is 1.24. The summed E-state index contributed by atoms with van der Waals surface area (Å²) in [4.78, 5) is 0. The van der Waals surface area contributed by atoms with Crippen LogP contribution < -0.4 is 0 Å². The molecule has 47 valence electrons. The van der Waals surface area contributed by atoms with Crippen LogP contribution in [0.15, 0.2) is 24.3 Å². The Hall–Kier alpha value is -1.55. The van der Waals surface area contributed by atoms with Crippen molar-refractivity contribution >= 4 is 6.08 Å². The maximum atomic E-state index is 8.41. The molecule has 1 aromatic carbocycles. The molecule has 0 bridgehead atoms. The maximum Gasteiger partial charge on any atom is 0.0991 e. The monoisotopic (exact) mass is 128 g/mol. The van der Waals surface area contributed by atoms with E-state index in [0.29, 0.717) is 5.56 Å². The Bertz CT molecular complexity index is 264. The third-order valence-electron chi connectivity index (χ3n) is 1.23. The van der Waals surface area contributed by atoms with Crippen molar-refractivity contribution in [1.29, 1.82) is 5.26 Å². The van der Waals surface area contributed by atoms with Crippen molar-refractivity contribution in [1.82, 2.24) is 0 Å². The van der Waals surface area contributed by atoms with Crippen molar-refractivity contribution in [3.05, 3.63) is 42.0 Å². The van der Waals surface area contributed by atoms with Crippen LogP contribution in [-0.4, -0.2) is 0 Å². The average molecular weight is 128 g/mol. The van der Waals surface area contributed by atoms with Crippen molar-refractivity contribution in [3.8, 4) is 6.07 Å². The third-order valence-corrected chi connectivity index (χ3v) is 1.23. The fraction of sp³-hybridized carbons (Fsp3) is 0. The van der Waals surface area contributed by atoms with Gasteiger partial charge >= 0.3 is 0 Å². The van der Waals surface area contributed by atoms with Gasteiger partial charge in [-0.05, 0) is 17.7 Å². The summed E-state index contributed by atoms with van der Waals surface area (Å²) in [5, 5.41) is 8.41. The number of rotatable bonds is 1. The first kappa shape index (κ1) is 6.57. The molecule has 10 heavy (non-hydrogen) atoms. The van der Waals surface area contributed by atoms with Gasteiger partial charge in [0.05, 0.1) is 11.6 Å². The highest BCUT2D eigenvalue weighted by Gasteiger charge is 1.86. The van der Waals surface area contributed by atoms with Gasteiger partial charge in [0.1, 0.15) is 0 Å². The molecule has 1 aromatic rings. The van der Waals surface area contributed by atoms with Crippen LogP contribution in [0.2, 0.25) is 0 Å². The molecule has 1 rings (SSSR count). The van der Waals surface area contributed by atoms with E-state index < -0.39 is 0 Å². The van der Waals surface area contributed by atoms with Gasteiger partial charge in [-0.1, -0.05) is 24.8 Å². The lowest BCUT2D eigenvalue weighted by Crippen LogP contribution is -1.73. The van der Waals surface area contributed by atoms with Gasteiger partial charge < -0.3 is 0 Å². The predicted octanol–water partition coefficient (Wildman–Crippen LogP) is 2.00. The summed E-state index contributed by atoms with van der Waals surface area (Å²) < 4.78 is 0. The Kier molecular flexibility index (Phi) is 1.86. The molecule has 0 fully saturated rings. The zero-order valence-electron chi connectivity index (χ0n) is 5.41. The molecular formula is C9H6N. The van der Waals surface area contributed by atoms with E-state index in [4.69, 9.17) is 11.8 Å². The van der Waals surface area contributed by atoms with Gasteiger partial charge in [-0.3, -0.25) is 0 Å². The quantitative estimate of drug-likeness (QED) is 0.567. The highest BCUT2D eigenvalue weighted by atomic mass is 14.2. The number of nitrogens with zero attached hydrogens (tertiary/aromatic N) is 1. The molecule has 0 unspecified atom stereocenters. The topological polar surface area (TPSA) is 23.8 Å². The second kappa shape index (κ2) is 2.84. The molecule has 0 amide bonds. The van der Waals surface area contributed by atoms with Crippen molar-refractivity contribution in [2.45, 2.75) is 0 Å². The molecular weight excluding hydrogens is 122 g/mol. The summed E-state index contributed by atoms with van der Waals surface area (Å²) in [6.45, 7) is 5.23. The van der Waals surface area contributed by atoms with Crippen molar-refractivity contribution < 1.29 is 0 Å². The summed E-state index contributed by atoms with van der Waals surface area (Å²) in [5.41, 5.74) is 1.59. The average Bonchev–Trinajstić information content (AvgIpc) is 2.05. The van der Waals surface area contributed by atoms with Crippen molar-refractivity contribution in [2.75, 3.05) is 0 Å². The summed E-state index contributed by atoms with van der Waals surface area (Å²) in [5.74, 6) is 0. The van der Waals surface area contributed by atoms with Crippen LogP contribution in [0.1, 0.15) is 11.1 Å². The van der Waals surface area contributed by atoms with E-state index in [-0.39, 0.29) is 0 Å². The Labute approximate surface area is 60.2 Å². The zero-order valence-corrected chi connectivity index (χ0v) is 5.41. The summed E-state index contributed by atoms with van der Waals surface area (Å²) in [6, 6.07) is 9.10. The SMILES string of the molecule is [CH]=Cc1ccc(C#N)cc1. The molecule has 1 radical (unpaired) electrons. The van der Waals surface area contributed by atoms with Gasteiger partial charge in [-0.15, -0.1) is 0 Å². The van der Waals surface area contributed by atoms with Gasteiger partial charge in [-0.25, -0.2) is 0 Å². The fourth-order valence-electron chi connectivity index (χ4n) is 0.669. The molecule has 0 atom stereocenters. The van der Waals surface area contributed by atoms with Gasteiger partial charge in [-0.2, -0.15) is 5.26 Å². The minimum absolute atomic E-state index is 0.658. The highest BCUT2D eigenvalue weighted by Crippen LogP contribution is 2.03. The zero-order chi connectivity index (χ0) is 7.40. The molecule has 0 aliphatic carbocycles. The second-order valence-electron chi connectivity index (χ2n) is 1.90. The lowest BCUT2D eigenvalue weighted by Gasteiger charge is -1.89.